The summed E-state index contributed by atoms with van der Waals surface area (Å²) in [5, 5.41) is 11.7. The molecule has 0 aliphatic heterocycles. The molecular formula is C17H14Cl2N4O2S. The van der Waals surface area contributed by atoms with Gasteiger partial charge in [0.25, 0.3) is 0 Å². The Kier molecular flexibility index (Phi) is 5.92. The number of aromatic nitrogens is 3. The Morgan fingerprint density at radius 2 is 2.04 bits per heavy atom. The highest BCUT2D eigenvalue weighted by atomic mass is 35.5. The number of H-pyrrole nitrogens is 1. The summed E-state index contributed by atoms with van der Waals surface area (Å²) in [6.45, 7) is 0.338. The number of halogens is 2. The van der Waals surface area contributed by atoms with E-state index < -0.39 is 0 Å². The SMILES string of the molecule is COc1cc(/C=N\n2cn[nH]c2=S)ccc1OCc1ccc(Cl)c(Cl)c1. The highest BCUT2D eigenvalue weighted by molar-refractivity contribution is 7.71. The molecule has 0 atom stereocenters. The van der Waals surface area contributed by atoms with Crippen molar-refractivity contribution in [1.29, 1.82) is 0 Å². The van der Waals surface area contributed by atoms with Crippen molar-refractivity contribution in [3.8, 4) is 11.5 Å². The molecule has 3 rings (SSSR count). The largest absolute Gasteiger partial charge is 0.493 e. The maximum Gasteiger partial charge on any atom is 0.216 e. The molecule has 0 fully saturated rings. The van der Waals surface area contributed by atoms with Gasteiger partial charge in [-0.2, -0.15) is 14.9 Å². The van der Waals surface area contributed by atoms with Crippen LogP contribution in [0.4, 0.5) is 0 Å². The lowest BCUT2D eigenvalue weighted by Crippen LogP contribution is -1.99. The quantitative estimate of drug-likeness (QED) is 0.473. The third kappa shape index (κ3) is 4.43. The van der Waals surface area contributed by atoms with Crippen LogP contribution >= 0.6 is 35.4 Å². The Hall–Kier alpha value is -2.35. The molecule has 0 spiro atoms. The first-order valence-electron chi connectivity index (χ1n) is 7.48. The summed E-state index contributed by atoms with van der Waals surface area (Å²) in [5.74, 6) is 1.19. The highest BCUT2D eigenvalue weighted by Gasteiger charge is 2.07. The van der Waals surface area contributed by atoms with E-state index in [2.05, 4.69) is 15.3 Å². The van der Waals surface area contributed by atoms with Crippen molar-refractivity contribution in [2.45, 2.75) is 6.61 Å². The van der Waals surface area contributed by atoms with Crippen molar-refractivity contribution >= 4 is 41.6 Å². The summed E-state index contributed by atoms with van der Waals surface area (Å²) in [4.78, 5) is 0. The van der Waals surface area contributed by atoms with Gasteiger partial charge in [0.05, 0.1) is 23.4 Å². The second-order valence-corrected chi connectivity index (χ2v) is 6.40. The van der Waals surface area contributed by atoms with Gasteiger partial charge in [0.2, 0.25) is 4.77 Å². The van der Waals surface area contributed by atoms with E-state index in [1.807, 2.05) is 24.3 Å². The molecule has 0 aliphatic carbocycles. The van der Waals surface area contributed by atoms with Crippen molar-refractivity contribution in [1.82, 2.24) is 14.9 Å². The van der Waals surface area contributed by atoms with Crippen LogP contribution in [-0.2, 0) is 6.61 Å². The molecular weight excluding hydrogens is 395 g/mol. The molecule has 0 bridgehead atoms. The molecule has 0 saturated carbocycles. The van der Waals surface area contributed by atoms with Gasteiger partial charge in [-0.05, 0) is 53.7 Å². The lowest BCUT2D eigenvalue weighted by atomic mass is 10.2. The van der Waals surface area contributed by atoms with Crippen molar-refractivity contribution < 1.29 is 9.47 Å². The number of aromatic amines is 1. The molecule has 9 heteroatoms. The first kappa shape index (κ1) is 18.4. The molecule has 0 aliphatic rings. The average Bonchev–Trinajstić information content (AvgIpc) is 3.06. The van der Waals surface area contributed by atoms with Crippen LogP contribution in [0.25, 0.3) is 0 Å². The van der Waals surface area contributed by atoms with E-state index in [0.717, 1.165) is 11.1 Å². The smallest absolute Gasteiger partial charge is 0.216 e. The van der Waals surface area contributed by atoms with Crippen LogP contribution in [-0.4, -0.2) is 28.2 Å². The van der Waals surface area contributed by atoms with E-state index in [1.165, 1.54) is 11.0 Å². The molecule has 0 unspecified atom stereocenters. The predicted octanol–water partition coefficient (Wildman–Crippen LogP) is 4.72. The van der Waals surface area contributed by atoms with Crippen molar-refractivity contribution in [3.63, 3.8) is 0 Å². The second kappa shape index (κ2) is 8.35. The Labute approximate surface area is 165 Å². The van der Waals surface area contributed by atoms with Crippen molar-refractivity contribution in [2.75, 3.05) is 7.11 Å². The minimum atomic E-state index is 0.338. The summed E-state index contributed by atoms with van der Waals surface area (Å²) < 4.78 is 13.1. The number of hydrogen-bond acceptors (Lipinski definition) is 5. The zero-order chi connectivity index (χ0) is 18.5. The average molecular weight is 409 g/mol. The zero-order valence-electron chi connectivity index (χ0n) is 13.6. The summed E-state index contributed by atoms with van der Waals surface area (Å²) in [5.41, 5.74) is 1.73. The fourth-order valence-corrected chi connectivity index (χ4v) is 2.60. The first-order chi connectivity index (χ1) is 12.6. The van der Waals surface area contributed by atoms with E-state index in [0.29, 0.717) is 32.9 Å². The Balaban J connectivity index is 1.74. The maximum absolute atomic E-state index is 6.02. The minimum Gasteiger partial charge on any atom is -0.493 e. The number of benzene rings is 2. The highest BCUT2D eigenvalue weighted by Crippen LogP contribution is 2.29. The molecule has 0 amide bonds. The van der Waals surface area contributed by atoms with Crippen molar-refractivity contribution in [2.24, 2.45) is 5.10 Å². The minimum absolute atomic E-state index is 0.338. The van der Waals surface area contributed by atoms with Crippen LogP contribution in [0.1, 0.15) is 11.1 Å². The third-order valence-corrected chi connectivity index (χ3v) is 4.45. The number of nitrogens with zero attached hydrogens (tertiary/aromatic N) is 3. The van der Waals surface area contributed by atoms with Gasteiger partial charge in [-0.15, -0.1) is 0 Å². The Bertz CT molecular complexity index is 1000. The molecule has 0 radical (unpaired) electrons. The normalized spacial score (nSPS) is 11.0. The van der Waals surface area contributed by atoms with Gasteiger partial charge in [-0.25, -0.2) is 0 Å². The number of hydrogen-bond donors (Lipinski definition) is 1. The molecule has 1 N–H and O–H groups in total. The number of rotatable bonds is 6. The zero-order valence-corrected chi connectivity index (χ0v) is 16.0. The molecule has 1 heterocycles. The van der Waals surface area contributed by atoms with Gasteiger partial charge in [-0.1, -0.05) is 29.3 Å². The van der Waals surface area contributed by atoms with Gasteiger partial charge < -0.3 is 9.47 Å². The molecule has 0 saturated heterocycles. The van der Waals surface area contributed by atoms with Crippen LogP contribution in [0.2, 0.25) is 10.0 Å². The summed E-state index contributed by atoms with van der Waals surface area (Å²) >= 11 is 17.0. The van der Waals surface area contributed by atoms with E-state index in [1.54, 1.807) is 25.5 Å². The molecule has 3 aromatic rings. The van der Waals surface area contributed by atoms with Crippen LogP contribution in [0, 0.1) is 4.77 Å². The third-order valence-electron chi connectivity index (χ3n) is 3.43. The standard InChI is InChI=1S/C17H14Cl2N4O2S/c1-24-16-7-11(8-21-23-10-20-22-17(23)26)3-5-15(16)25-9-12-2-4-13(18)14(19)6-12/h2-8,10H,9H2,1H3,(H,22,26)/b21-8-. The lowest BCUT2D eigenvalue weighted by molar-refractivity contribution is 0.284. The molecule has 1 aromatic heterocycles. The van der Waals surface area contributed by atoms with Gasteiger partial charge >= 0.3 is 0 Å². The topological polar surface area (TPSA) is 64.4 Å². The van der Waals surface area contributed by atoms with E-state index >= 15 is 0 Å². The van der Waals surface area contributed by atoms with Crippen LogP contribution < -0.4 is 9.47 Å². The number of nitrogens with one attached hydrogen (secondary N) is 1. The predicted molar refractivity (Wildman–Crippen MR) is 104 cm³/mol. The molecule has 6 nitrogen and oxygen atoms in total. The summed E-state index contributed by atoms with van der Waals surface area (Å²) in [6.07, 6.45) is 3.14. The van der Waals surface area contributed by atoms with E-state index in [9.17, 15) is 0 Å². The lowest BCUT2D eigenvalue weighted by Gasteiger charge is -2.11. The van der Waals surface area contributed by atoms with E-state index in [4.69, 9.17) is 44.9 Å². The van der Waals surface area contributed by atoms with Crippen LogP contribution in [0.3, 0.4) is 0 Å². The fraction of sp³-hybridized carbons (Fsp3) is 0.118. The van der Waals surface area contributed by atoms with Crippen molar-refractivity contribution in [3.05, 3.63) is 68.7 Å². The maximum atomic E-state index is 6.02. The summed E-state index contributed by atoms with van der Waals surface area (Å²) in [7, 11) is 1.58. The number of ether oxygens (including phenoxy) is 2. The van der Waals surface area contributed by atoms with Gasteiger partial charge in [0, 0.05) is 0 Å². The fourth-order valence-electron chi connectivity index (χ4n) is 2.13. The van der Waals surface area contributed by atoms with Gasteiger partial charge in [0.15, 0.2) is 11.5 Å². The summed E-state index contributed by atoms with van der Waals surface area (Å²) in [6, 6.07) is 10.9. The second-order valence-electron chi connectivity index (χ2n) is 5.20. The van der Waals surface area contributed by atoms with Gasteiger partial charge in [-0.3, -0.25) is 5.10 Å². The number of methoxy groups -OCH3 is 1. The van der Waals surface area contributed by atoms with Crippen LogP contribution in [0.15, 0.2) is 47.8 Å². The molecule has 26 heavy (non-hydrogen) atoms. The van der Waals surface area contributed by atoms with Crippen LogP contribution in [0.5, 0.6) is 11.5 Å². The first-order valence-corrected chi connectivity index (χ1v) is 8.64. The molecule has 134 valence electrons. The Morgan fingerprint density at radius 1 is 1.19 bits per heavy atom. The van der Waals surface area contributed by atoms with Gasteiger partial charge in [0.1, 0.15) is 12.9 Å². The Morgan fingerprint density at radius 3 is 2.73 bits per heavy atom. The van der Waals surface area contributed by atoms with E-state index in [-0.39, 0.29) is 0 Å². The molecule has 2 aromatic carbocycles. The monoisotopic (exact) mass is 408 g/mol.